The van der Waals surface area contributed by atoms with Gasteiger partial charge in [-0.2, -0.15) is 5.10 Å². The van der Waals surface area contributed by atoms with Gasteiger partial charge >= 0.3 is 0 Å². The van der Waals surface area contributed by atoms with E-state index in [1.807, 2.05) is 0 Å². The van der Waals surface area contributed by atoms with Crippen molar-refractivity contribution < 1.29 is 8.78 Å². The van der Waals surface area contributed by atoms with Gasteiger partial charge in [-0.25, -0.2) is 13.5 Å². The second-order valence-electron chi connectivity index (χ2n) is 3.57. The standard InChI is InChI=1S/C11H9Cl2F2N3/c12-7-1-2-9(8(13)3-7)18-10(11(14)15)6(4-16)5-17-18/h1-3,5,11H,4,16H2. The molecule has 96 valence electrons. The van der Waals surface area contributed by atoms with E-state index in [9.17, 15) is 8.78 Å². The fourth-order valence-corrected chi connectivity index (χ4v) is 2.12. The first-order chi connectivity index (χ1) is 8.54. The Bertz CT molecular complexity index is 569. The van der Waals surface area contributed by atoms with Crippen LogP contribution in [0.15, 0.2) is 24.4 Å². The summed E-state index contributed by atoms with van der Waals surface area (Å²) in [6.07, 6.45) is -1.37. The summed E-state index contributed by atoms with van der Waals surface area (Å²) in [6.45, 7) is -0.00905. The molecule has 0 saturated carbocycles. The molecule has 0 unspecified atom stereocenters. The molecule has 1 heterocycles. The Balaban J connectivity index is 2.60. The lowest BCUT2D eigenvalue weighted by molar-refractivity contribution is 0.141. The molecule has 0 fully saturated rings. The molecule has 0 aliphatic carbocycles. The van der Waals surface area contributed by atoms with E-state index < -0.39 is 6.43 Å². The van der Waals surface area contributed by atoms with Crippen LogP contribution in [0, 0.1) is 0 Å². The normalized spacial score (nSPS) is 11.2. The quantitative estimate of drug-likeness (QED) is 0.939. The monoisotopic (exact) mass is 291 g/mol. The highest BCUT2D eigenvalue weighted by Crippen LogP contribution is 2.30. The maximum Gasteiger partial charge on any atom is 0.280 e. The van der Waals surface area contributed by atoms with E-state index >= 15 is 0 Å². The lowest BCUT2D eigenvalue weighted by Crippen LogP contribution is -2.07. The number of aromatic nitrogens is 2. The fraction of sp³-hybridized carbons (Fsp3) is 0.182. The number of nitrogens with zero attached hydrogens (tertiary/aromatic N) is 2. The minimum absolute atomic E-state index is 0.00905. The number of hydrogen-bond acceptors (Lipinski definition) is 2. The van der Waals surface area contributed by atoms with Crippen LogP contribution in [0.4, 0.5) is 8.78 Å². The predicted molar refractivity (Wildman–Crippen MR) is 66.4 cm³/mol. The molecule has 0 bridgehead atoms. The van der Waals surface area contributed by atoms with E-state index in [1.54, 1.807) is 6.07 Å². The third-order valence-corrected chi connectivity index (χ3v) is 2.99. The number of nitrogens with two attached hydrogens (primary N) is 1. The smallest absolute Gasteiger partial charge is 0.280 e. The third kappa shape index (κ3) is 2.34. The summed E-state index contributed by atoms with van der Waals surface area (Å²) < 4.78 is 27.1. The Morgan fingerprint density at radius 2 is 2.06 bits per heavy atom. The SMILES string of the molecule is NCc1cnn(-c2ccc(Cl)cc2Cl)c1C(F)F. The average molecular weight is 292 g/mol. The van der Waals surface area contributed by atoms with Gasteiger partial charge in [0.1, 0.15) is 5.69 Å². The predicted octanol–water partition coefficient (Wildman–Crippen LogP) is 3.58. The molecule has 7 heteroatoms. The van der Waals surface area contributed by atoms with Crippen molar-refractivity contribution in [2.45, 2.75) is 13.0 Å². The van der Waals surface area contributed by atoms with E-state index in [2.05, 4.69) is 5.10 Å². The largest absolute Gasteiger partial charge is 0.326 e. The van der Waals surface area contributed by atoms with Crippen LogP contribution < -0.4 is 5.73 Å². The van der Waals surface area contributed by atoms with Crippen LogP contribution in [0.2, 0.25) is 10.0 Å². The van der Waals surface area contributed by atoms with Gasteiger partial charge in [-0.1, -0.05) is 23.2 Å². The minimum atomic E-state index is -2.68. The van der Waals surface area contributed by atoms with Crippen molar-refractivity contribution in [3.05, 3.63) is 45.7 Å². The van der Waals surface area contributed by atoms with E-state index in [-0.39, 0.29) is 22.8 Å². The fourth-order valence-electron chi connectivity index (χ4n) is 1.63. The summed E-state index contributed by atoms with van der Waals surface area (Å²) >= 11 is 11.7. The molecule has 2 N–H and O–H groups in total. The molecule has 18 heavy (non-hydrogen) atoms. The van der Waals surface area contributed by atoms with Gasteiger partial charge in [-0.3, -0.25) is 0 Å². The molecule has 1 aromatic carbocycles. The van der Waals surface area contributed by atoms with Crippen molar-refractivity contribution in [2.75, 3.05) is 0 Å². The van der Waals surface area contributed by atoms with Gasteiger partial charge in [0, 0.05) is 17.1 Å². The molecule has 0 amide bonds. The highest BCUT2D eigenvalue weighted by molar-refractivity contribution is 6.35. The van der Waals surface area contributed by atoms with Gasteiger partial charge in [-0.15, -0.1) is 0 Å². The number of rotatable bonds is 3. The molecule has 0 radical (unpaired) electrons. The maximum absolute atomic E-state index is 13.0. The Kier molecular flexibility index (Phi) is 3.85. The lowest BCUT2D eigenvalue weighted by atomic mass is 10.2. The number of hydrogen-bond donors (Lipinski definition) is 1. The van der Waals surface area contributed by atoms with Gasteiger partial charge in [0.05, 0.1) is 16.9 Å². The van der Waals surface area contributed by atoms with Crippen molar-refractivity contribution in [2.24, 2.45) is 5.73 Å². The van der Waals surface area contributed by atoms with Gasteiger partial charge in [-0.05, 0) is 18.2 Å². The molecular formula is C11H9Cl2F2N3. The topological polar surface area (TPSA) is 43.8 Å². The molecule has 0 saturated heterocycles. The molecule has 0 aliphatic rings. The Morgan fingerprint density at radius 1 is 1.33 bits per heavy atom. The highest BCUT2D eigenvalue weighted by atomic mass is 35.5. The van der Waals surface area contributed by atoms with Crippen molar-refractivity contribution in [3.63, 3.8) is 0 Å². The molecule has 0 aliphatic heterocycles. The Labute approximate surface area is 112 Å². The summed E-state index contributed by atoms with van der Waals surface area (Å²) in [7, 11) is 0. The van der Waals surface area contributed by atoms with Crippen molar-refractivity contribution >= 4 is 23.2 Å². The summed E-state index contributed by atoms with van der Waals surface area (Å²) in [6, 6.07) is 4.56. The summed E-state index contributed by atoms with van der Waals surface area (Å²) in [5.41, 5.74) is 5.78. The van der Waals surface area contributed by atoms with Crippen molar-refractivity contribution in [3.8, 4) is 5.69 Å². The van der Waals surface area contributed by atoms with E-state index in [0.29, 0.717) is 10.7 Å². The molecule has 1 aromatic heterocycles. The molecule has 0 atom stereocenters. The number of benzene rings is 1. The number of alkyl halides is 2. The van der Waals surface area contributed by atoms with Gasteiger partial charge in [0.25, 0.3) is 6.43 Å². The first-order valence-electron chi connectivity index (χ1n) is 5.05. The van der Waals surface area contributed by atoms with Crippen LogP contribution >= 0.6 is 23.2 Å². The average Bonchev–Trinajstić information content (AvgIpc) is 2.72. The summed E-state index contributed by atoms with van der Waals surface area (Å²) in [5, 5.41) is 4.57. The first-order valence-corrected chi connectivity index (χ1v) is 5.80. The zero-order chi connectivity index (χ0) is 13.3. The van der Waals surface area contributed by atoms with Crippen LogP contribution in [0.5, 0.6) is 0 Å². The van der Waals surface area contributed by atoms with Crippen LogP contribution in [0.3, 0.4) is 0 Å². The lowest BCUT2D eigenvalue weighted by Gasteiger charge is -2.10. The highest BCUT2D eigenvalue weighted by Gasteiger charge is 2.21. The second kappa shape index (κ2) is 5.22. The van der Waals surface area contributed by atoms with Crippen LogP contribution in [-0.4, -0.2) is 9.78 Å². The Morgan fingerprint density at radius 3 is 2.61 bits per heavy atom. The van der Waals surface area contributed by atoms with E-state index in [0.717, 1.165) is 4.68 Å². The molecular weight excluding hydrogens is 283 g/mol. The zero-order valence-electron chi connectivity index (χ0n) is 9.08. The molecule has 2 rings (SSSR count). The third-order valence-electron chi connectivity index (χ3n) is 2.45. The first kappa shape index (κ1) is 13.3. The van der Waals surface area contributed by atoms with Crippen molar-refractivity contribution in [1.82, 2.24) is 9.78 Å². The second-order valence-corrected chi connectivity index (χ2v) is 4.41. The molecule has 0 spiro atoms. The van der Waals surface area contributed by atoms with Gasteiger partial charge in [0.15, 0.2) is 0 Å². The Hall–Kier alpha value is -1.17. The van der Waals surface area contributed by atoms with Crippen LogP contribution in [0.25, 0.3) is 5.69 Å². The number of halogens is 4. The summed E-state index contributed by atoms with van der Waals surface area (Å²) in [5.74, 6) is 0. The maximum atomic E-state index is 13.0. The zero-order valence-corrected chi connectivity index (χ0v) is 10.6. The van der Waals surface area contributed by atoms with Gasteiger partial charge < -0.3 is 5.73 Å². The van der Waals surface area contributed by atoms with Crippen LogP contribution in [0.1, 0.15) is 17.7 Å². The summed E-state index contributed by atoms with van der Waals surface area (Å²) in [4.78, 5) is 0. The molecule has 2 aromatic rings. The van der Waals surface area contributed by atoms with Gasteiger partial charge in [0.2, 0.25) is 0 Å². The van der Waals surface area contributed by atoms with E-state index in [4.69, 9.17) is 28.9 Å². The van der Waals surface area contributed by atoms with Crippen LogP contribution in [-0.2, 0) is 6.54 Å². The van der Waals surface area contributed by atoms with Crippen molar-refractivity contribution in [1.29, 1.82) is 0 Å². The van der Waals surface area contributed by atoms with E-state index in [1.165, 1.54) is 18.3 Å². The minimum Gasteiger partial charge on any atom is -0.326 e. The molecule has 3 nitrogen and oxygen atoms in total.